The van der Waals surface area contributed by atoms with Crippen molar-refractivity contribution < 1.29 is 19.4 Å². The highest BCUT2D eigenvalue weighted by atomic mass is 35.5. The summed E-state index contributed by atoms with van der Waals surface area (Å²) in [7, 11) is 0. The summed E-state index contributed by atoms with van der Waals surface area (Å²) in [6.45, 7) is 7.03. The first-order valence-electron chi connectivity index (χ1n) is 7.74. The molecule has 0 aliphatic rings. The number of carbonyl (C=O) groups is 2. The quantitative estimate of drug-likeness (QED) is 0.748. The fourth-order valence-corrected chi connectivity index (χ4v) is 2.51. The van der Waals surface area contributed by atoms with Gasteiger partial charge in [-0.3, -0.25) is 9.59 Å². The monoisotopic (exact) mass is 341 g/mol. The molecular formula is C17H24ClNO4. The van der Waals surface area contributed by atoms with Crippen molar-refractivity contribution in [2.75, 3.05) is 19.7 Å². The highest BCUT2D eigenvalue weighted by Crippen LogP contribution is 2.29. The third kappa shape index (κ3) is 6.48. The second-order valence-corrected chi connectivity index (χ2v) is 6.12. The number of halogens is 1. The fraction of sp³-hybridized carbons (Fsp3) is 0.529. The lowest BCUT2D eigenvalue weighted by atomic mass is 10.1. The van der Waals surface area contributed by atoms with E-state index in [1.165, 1.54) is 0 Å². The number of para-hydroxylation sites is 1. The van der Waals surface area contributed by atoms with Crippen molar-refractivity contribution in [1.82, 2.24) is 4.90 Å². The fourth-order valence-electron chi connectivity index (χ4n) is 2.26. The van der Waals surface area contributed by atoms with E-state index in [1.54, 1.807) is 23.1 Å². The molecule has 0 saturated carbocycles. The molecule has 1 rings (SSSR count). The van der Waals surface area contributed by atoms with Crippen LogP contribution in [0.3, 0.4) is 0 Å². The third-order valence-electron chi connectivity index (χ3n) is 3.21. The van der Waals surface area contributed by atoms with E-state index in [4.69, 9.17) is 21.4 Å². The predicted molar refractivity (Wildman–Crippen MR) is 90.0 cm³/mol. The lowest BCUT2D eigenvalue weighted by Crippen LogP contribution is -2.37. The molecule has 1 aromatic carbocycles. The number of carboxylic acids is 1. The van der Waals surface area contributed by atoms with Crippen LogP contribution in [0.4, 0.5) is 0 Å². The normalized spacial score (nSPS) is 10.7. The van der Waals surface area contributed by atoms with Gasteiger partial charge in [0.05, 0.1) is 24.5 Å². The third-order valence-corrected chi connectivity index (χ3v) is 3.51. The summed E-state index contributed by atoms with van der Waals surface area (Å²) >= 11 is 6.13. The van der Waals surface area contributed by atoms with E-state index in [9.17, 15) is 9.59 Å². The number of aliphatic carboxylic acids is 1. The zero-order valence-electron chi connectivity index (χ0n) is 13.8. The van der Waals surface area contributed by atoms with E-state index in [1.807, 2.05) is 20.8 Å². The number of ether oxygens (including phenoxy) is 1. The summed E-state index contributed by atoms with van der Waals surface area (Å²) in [5, 5.41) is 9.31. The SMILES string of the molecule is CCOc1c(Cl)cccc1CC(=O)N(CCC(=O)O)CC(C)C. The second kappa shape index (κ2) is 9.40. The summed E-state index contributed by atoms with van der Waals surface area (Å²) in [4.78, 5) is 24.9. The number of hydrogen-bond acceptors (Lipinski definition) is 3. The van der Waals surface area contributed by atoms with Crippen molar-refractivity contribution in [1.29, 1.82) is 0 Å². The number of hydrogen-bond donors (Lipinski definition) is 1. The zero-order valence-corrected chi connectivity index (χ0v) is 14.6. The Morgan fingerprint density at radius 1 is 1.35 bits per heavy atom. The van der Waals surface area contributed by atoms with E-state index in [0.29, 0.717) is 29.5 Å². The number of carboxylic acid groups (broad SMARTS) is 1. The number of rotatable bonds is 9. The lowest BCUT2D eigenvalue weighted by molar-refractivity contribution is -0.138. The van der Waals surface area contributed by atoms with Gasteiger partial charge in [0.2, 0.25) is 5.91 Å². The molecule has 0 aliphatic carbocycles. The summed E-state index contributed by atoms with van der Waals surface area (Å²) in [6.07, 6.45) is 0.0779. The first-order chi connectivity index (χ1) is 10.8. The van der Waals surface area contributed by atoms with Crippen LogP contribution in [-0.4, -0.2) is 41.6 Å². The molecule has 0 heterocycles. The van der Waals surface area contributed by atoms with Crippen molar-refractivity contribution in [2.45, 2.75) is 33.6 Å². The number of amides is 1. The Bertz CT molecular complexity index is 545. The average molecular weight is 342 g/mol. The highest BCUT2D eigenvalue weighted by molar-refractivity contribution is 6.32. The van der Waals surface area contributed by atoms with Gasteiger partial charge in [0.15, 0.2) is 0 Å². The molecule has 6 heteroatoms. The van der Waals surface area contributed by atoms with Gasteiger partial charge in [0.25, 0.3) is 0 Å². The summed E-state index contributed by atoms with van der Waals surface area (Å²) in [6, 6.07) is 5.30. The Balaban J connectivity index is 2.88. The molecular weight excluding hydrogens is 318 g/mol. The van der Waals surface area contributed by atoms with E-state index in [2.05, 4.69) is 0 Å². The molecule has 0 unspecified atom stereocenters. The molecule has 23 heavy (non-hydrogen) atoms. The maximum absolute atomic E-state index is 12.6. The summed E-state index contributed by atoms with van der Waals surface area (Å²) in [5.74, 6) is -0.251. The molecule has 0 spiro atoms. The predicted octanol–water partition coefficient (Wildman–Crippen LogP) is 3.24. The molecule has 0 radical (unpaired) electrons. The van der Waals surface area contributed by atoms with Crippen LogP contribution >= 0.6 is 11.6 Å². The molecule has 128 valence electrons. The largest absolute Gasteiger partial charge is 0.492 e. The van der Waals surface area contributed by atoms with Gasteiger partial charge in [-0.15, -0.1) is 0 Å². The molecule has 1 N–H and O–H groups in total. The maximum atomic E-state index is 12.6. The first kappa shape index (κ1) is 19.3. The van der Waals surface area contributed by atoms with Crippen molar-refractivity contribution in [2.24, 2.45) is 5.92 Å². The highest BCUT2D eigenvalue weighted by Gasteiger charge is 2.19. The maximum Gasteiger partial charge on any atom is 0.305 e. The van der Waals surface area contributed by atoms with E-state index >= 15 is 0 Å². The van der Waals surface area contributed by atoms with Gasteiger partial charge in [0.1, 0.15) is 5.75 Å². The Morgan fingerprint density at radius 3 is 2.61 bits per heavy atom. The van der Waals surface area contributed by atoms with Crippen LogP contribution < -0.4 is 4.74 Å². The van der Waals surface area contributed by atoms with Crippen molar-refractivity contribution >= 4 is 23.5 Å². The topological polar surface area (TPSA) is 66.8 Å². The molecule has 0 fully saturated rings. The summed E-state index contributed by atoms with van der Waals surface area (Å²) in [5.41, 5.74) is 0.716. The minimum Gasteiger partial charge on any atom is -0.492 e. The molecule has 0 aromatic heterocycles. The van der Waals surface area contributed by atoms with Crippen LogP contribution in [0.2, 0.25) is 5.02 Å². The van der Waals surface area contributed by atoms with Gasteiger partial charge in [-0.05, 0) is 18.9 Å². The smallest absolute Gasteiger partial charge is 0.305 e. The number of carbonyl (C=O) groups excluding carboxylic acids is 1. The van der Waals surface area contributed by atoms with Gasteiger partial charge in [-0.1, -0.05) is 37.6 Å². The van der Waals surface area contributed by atoms with Gasteiger partial charge < -0.3 is 14.7 Å². The van der Waals surface area contributed by atoms with E-state index in [-0.39, 0.29) is 31.2 Å². The van der Waals surface area contributed by atoms with Crippen LogP contribution in [0.25, 0.3) is 0 Å². The molecule has 0 saturated heterocycles. The average Bonchev–Trinajstić information content (AvgIpc) is 2.46. The Kier molecular flexibility index (Phi) is 7.89. The van der Waals surface area contributed by atoms with Crippen LogP contribution in [0.1, 0.15) is 32.8 Å². The molecule has 1 aromatic rings. The van der Waals surface area contributed by atoms with E-state index in [0.717, 1.165) is 0 Å². The van der Waals surface area contributed by atoms with E-state index < -0.39 is 5.97 Å². The van der Waals surface area contributed by atoms with Gasteiger partial charge in [-0.25, -0.2) is 0 Å². The second-order valence-electron chi connectivity index (χ2n) is 5.72. The Morgan fingerprint density at radius 2 is 2.04 bits per heavy atom. The zero-order chi connectivity index (χ0) is 17.4. The Labute approximate surface area is 142 Å². The molecule has 0 aliphatic heterocycles. The minimum atomic E-state index is -0.913. The minimum absolute atomic E-state index is 0.0632. The van der Waals surface area contributed by atoms with Crippen LogP contribution in [0.15, 0.2) is 18.2 Å². The lowest BCUT2D eigenvalue weighted by Gasteiger charge is -2.24. The number of benzene rings is 1. The van der Waals surface area contributed by atoms with Crippen LogP contribution in [0, 0.1) is 5.92 Å². The molecule has 1 amide bonds. The van der Waals surface area contributed by atoms with Crippen LogP contribution in [0.5, 0.6) is 5.75 Å². The standard InChI is InChI=1S/C17H24ClNO4/c1-4-23-17-13(6-5-7-14(17)18)10-15(20)19(11-12(2)3)9-8-16(21)22/h5-7,12H,4,8-11H2,1-3H3,(H,21,22). The molecule has 5 nitrogen and oxygen atoms in total. The van der Waals surface area contributed by atoms with Crippen molar-refractivity contribution in [3.8, 4) is 5.75 Å². The van der Waals surface area contributed by atoms with Crippen molar-refractivity contribution in [3.63, 3.8) is 0 Å². The van der Waals surface area contributed by atoms with Gasteiger partial charge >= 0.3 is 5.97 Å². The summed E-state index contributed by atoms with van der Waals surface area (Å²) < 4.78 is 5.53. The van der Waals surface area contributed by atoms with Gasteiger partial charge in [-0.2, -0.15) is 0 Å². The number of nitrogens with zero attached hydrogens (tertiary/aromatic N) is 1. The Hall–Kier alpha value is -1.75. The first-order valence-corrected chi connectivity index (χ1v) is 8.12. The van der Waals surface area contributed by atoms with Gasteiger partial charge in [0, 0.05) is 18.7 Å². The van der Waals surface area contributed by atoms with Crippen LogP contribution in [-0.2, 0) is 16.0 Å². The molecule has 0 atom stereocenters. The molecule has 0 bridgehead atoms. The van der Waals surface area contributed by atoms with Crippen molar-refractivity contribution in [3.05, 3.63) is 28.8 Å².